The molecule has 0 bridgehead atoms. The molecule has 0 spiro atoms. The summed E-state index contributed by atoms with van der Waals surface area (Å²) in [6.07, 6.45) is -8.91. The molecule has 0 aliphatic carbocycles. The molecule has 12 heteroatoms. The van der Waals surface area contributed by atoms with Crippen LogP contribution in [-0.2, 0) is 19.2 Å². The molecular formula is C10H16O12. The molecule has 22 heavy (non-hydrogen) atoms. The van der Waals surface area contributed by atoms with Gasteiger partial charge in [0.05, 0.1) is 25.0 Å². The number of carboxylic acids is 4. The van der Waals surface area contributed by atoms with Gasteiger partial charge in [-0.1, -0.05) is 0 Å². The zero-order valence-corrected chi connectivity index (χ0v) is 10.9. The molecule has 0 aromatic heterocycles. The van der Waals surface area contributed by atoms with Crippen molar-refractivity contribution < 1.29 is 60.0 Å². The van der Waals surface area contributed by atoms with E-state index in [1.165, 1.54) is 0 Å². The number of aliphatic carboxylic acids is 4. The van der Waals surface area contributed by atoms with Crippen molar-refractivity contribution in [2.24, 2.45) is 0 Å². The highest BCUT2D eigenvalue weighted by Crippen LogP contribution is 2.03. The molecule has 0 aromatic carbocycles. The van der Waals surface area contributed by atoms with Gasteiger partial charge in [0.15, 0.2) is 12.2 Å². The van der Waals surface area contributed by atoms with Gasteiger partial charge in [-0.2, -0.15) is 0 Å². The molecule has 0 rings (SSSR count). The summed E-state index contributed by atoms with van der Waals surface area (Å²) < 4.78 is 0. The van der Waals surface area contributed by atoms with Gasteiger partial charge in [-0.25, -0.2) is 9.59 Å². The Balaban J connectivity index is 0. The van der Waals surface area contributed by atoms with Crippen LogP contribution in [-0.4, -0.2) is 89.1 Å². The standard InChI is InChI=1S/C6H10O6.C4H6O6/c7-3(1-5(9)10)4(8)2-6(11)12;5-1(3(7)8)2(6)4(9)10/h3-4,7-8H,1-2H2,(H,9,10)(H,11,12);1-2,5-6H,(H,7,8)(H,9,10). The first kappa shape index (κ1) is 22.0. The van der Waals surface area contributed by atoms with Crippen molar-refractivity contribution in [3.05, 3.63) is 0 Å². The first-order valence-electron chi connectivity index (χ1n) is 5.51. The third-order valence-corrected chi connectivity index (χ3v) is 2.02. The third-order valence-electron chi connectivity index (χ3n) is 2.02. The van der Waals surface area contributed by atoms with Crippen LogP contribution in [0.1, 0.15) is 12.8 Å². The number of aliphatic hydroxyl groups is 4. The highest BCUT2D eigenvalue weighted by molar-refractivity contribution is 5.83. The number of hydrogen-bond acceptors (Lipinski definition) is 8. The van der Waals surface area contributed by atoms with E-state index < -0.39 is 61.1 Å². The normalized spacial score (nSPS) is 15.5. The minimum atomic E-state index is -2.27. The lowest BCUT2D eigenvalue weighted by Crippen LogP contribution is -2.39. The fourth-order valence-corrected chi connectivity index (χ4v) is 0.900. The molecule has 0 heterocycles. The van der Waals surface area contributed by atoms with Crippen LogP contribution in [0.2, 0.25) is 0 Å². The molecule has 0 saturated carbocycles. The SMILES string of the molecule is O=C(O)C(O)C(O)C(=O)O.O=C(O)CC(O)C(O)CC(=O)O. The van der Waals surface area contributed by atoms with Gasteiger partial charge in [-0.15, -0.1) is 0 Å². The van der Waals surface area contributed by atoms with Crippen molar-refractivity contribution >= 4 is 23.9 Å². The molecule has 4 unspecified atom stereocenters. The van der Waals surface area contributed by atoms with Crippen molar-refractivity contribution in [1.29, 1.82) is 0 Å². The van der Waals surface area contributed by atoms with E-state index >= 15 is 0 Å². The Hall–Kier alpha value is -2.28. The van der Waals surface area contributed by atoms with Crippen LogP contribution in [0.5, 0.6) is 0 Å². The van der Waals surface area contributed by atoms with Gasteiger partial charge in [0.1, 0.15) is 0 Å². The second kappa shape index (κ2) is 10.4. The number of carboxylic acid groups (broad SMARTS) is 4. The van der Waals surface area contributed by atoms with E-state index in [1.807, 2.05) is 0 Å². The number of rotatable bonds is 8. The molecule has 0 aliphatic heterocycles. The summed E-state index contributed by atoms with van der Waals surface area (Å²) in [4.78, 5) is 39.5. The monoisotopic (exact) mass is 328 g/mol. The molecule has 0 saturated heterocycles. The van der Waals surface area contributed by atoms with E-state index in [0.29, 0.717) is 0 Å². The van der Waals surface area contributed by atoms with Gasteiger partial charge in [-0.05, 0) is 0 Å². The Morgan fingerprint density at radius 2 is 0.818 bits per heavy atom. The first-order chi connectivity index (χ1) is 9.89. The lowest BCUT2D eigenvalue weighted by molar-refractivity contribution is -0.165. The van der Waals surface area contributed by atoms with Crippen LogP contribution in [0.3, 0.4) is 0 Å². The molecule has 12 nitrogen and oxygen atoms in total. The van der Waals surface area contributed by atoms with E-state index in [2.05, 4.69) is 0 Å². The lowest BCUT2D eigenvalue weighted by atomic mass is 10.1. The lowest BCUT2D eigenvalue weighted by Gasteiger charge is -2.13. The zero-order chi connectivity index (χ0) is 18.0. The summed E-state index contributed by atoms with van der Waals surface area (Å²) >= 11 is 0. The average molecular weight is 328 g/mol. The van der Waals surface area contributed by atoms with Crippen LogP contribution in [0.15, 0.2) is 0 Å². The van der Waals surface area contributed by atoms with Gasteiger partial charge < -0.3 is 40.9 Å². The van der Waals surface area contributed by atoms with Crippen molar-refractivity contribution in [2.75, 3.05) is 0 Å². The molecule has 128 valence electrons. The summed E-state index contributed by atoms with van der Waals surface area (Å²) in [6, 6.07) is 0. The maximum atomic E-state index is 9.98. The average Bonchev–Trinajstić information content (AvgIpc) is 2.35. The fraction of sp³-hybridized carbons (Fsp3) is 0.600. The second-order valence-corrected chi connectivity index (χ2v) is 3.90. The number of aliphatic hydroxyl groups excluding tert-OH is 4. The van der Waals surface area contributed by atoms with Gasteiger partial charge >= 0.3 is 23.9 Å². The Labute approximate surface area is 122 Å². The van der Waals surface area contributed by atoms with Crippen LogP contribution in [0.4, 0.5) is 0 Å². The maximum absolute atomic E-state index is 9.98. The van der Waals surface area contributed by atoms with Crippen LogP contribution in [0.25, 0.3) is 0 Å². The topological polar surface area (TPSA) is 230 Å². The van der Waals surface area contributed by atoms with E-state index in [9.17, 15) is 19.2 Å². The quantitative estimate of drug-likeness (QED) is 0.217. The Morgan fingerprint density at radius 3 is 0.955 bits per heavy atom. The fourth-order valence-electron chi connectivity index (χ4n) is 0.900. The summed E-state index contributed by atoms with van der Waals surface area (Å²) in [7, 11) is 0. The Kier molecular flexibility index (Phi) is 10.5. The van der Waals surface area contributed by atoms with Crippen LogP contribution < -0.4 is 0 Å². The smallest absolute Gasteiger partial charge is 0.335 e. The van der Waals surface area contributed by atoms with Gasteiger partial charge in [0, 0.05) is 0 Å². The highest BCUT2D eigenvalue weighted by Gasteiger charge is 2.29. The second-order valence-electron chi connectivity index (χ2n) is 3.90. The van der Waals surface area contributed by atoms with Gasteiger partial charge in [-0.3, -0.25) is 9.59 Å². The van der Waals surface area contributed by atoms with Crippen molar-refractivity contribution in [3.8, 4) is 0 Å². The zero-order valence-electron chi connectivity index (χ0n) is 10.9. The van der Waals surface area contributed by atoms with Crippen molar-refractivity contribution in [2.45, 2.75) is 37.3 Å². The summed E-state index contributed by atoms with van der Waals surface area (Å²) in [5.74, 6) is -6.11. The van der Waals surface area contributed by atoms with Gasteiger partial charge in [0.25, 0.3) is 0 Å². The minimum absolute atomic E-state index is 0.658. The molecule has 0 aliphatic rings. The summed E-state index contributed by atoms with van der Waals surface area (Å²) in [5, 5.41) is 66.5. The Bertz CT molecular complexity index is 367. The van der Waals surface area contributed by atoms with Crippen molar-refractivity contribution in [3.63, 3.8) is 0 Å². The van der Waals surface area contributed by atoms with E-state index in [0.717, 1.165) is 0 Å². The largest absolute Gasteiger partial charge is 0.481 e. The van der Waals surface area contributed by atoms with E-state index in [-0.39, 0.29) is 0 Å². The number of hydrogen-bond donors (Lipinski definition) is 8. The van der Waals surface area contributed by atoms with Crippen LogP contribution >= 0.6 is 0 Å². The minimum Gasteiger partial charge on any atom is -0.481 e. The molecule has 4 atom stereocenters. The number of carbonyl (C=O) groups is 4. The highest BCUT2D eigenvalue weighted by atomic mass is 16.4. The molecule has 8 N–H and O–H groups in total. The predicted molar refractivity (Wildman–Crippen MR) is 63.8 cm³/mol. The molecule has 0 fully saturated rings. The first-order valence-corrected chi connectivity index (χ1v) is 5.51. The molecular weight excluding hydrogens is 312 g/mol. The summed E-state index contributed by atoms with van der Waals surface area (Å²) in [6.45, 7) is 0. The Morgan fingerprint density at radius 1 is 0.591 bits per heavy atom. The molecule has 0 radical (unpaired) electrons. The van der Waals surface area contributed by atoms with Gasteiger partial charge in [0.2, 0.25) is 0 Å². The third kappa shape index (κ3) is 10.5. The van der Waals surface area contributed by atoms with Crippen molar-refractivity contribution in [1.82, 2.24) is 0 Å². The summed E-state index contributed by atoms with van der Waals surface area (Å²) in [5.41, 5.74) is 0. The van der Waals surface area contributed by atoms with Crippen LogP contribution in [0, 0.1) is 0 Å². The predicted octanol–water partition coefficient (Wildman–Crippen LogP) is -3.46. The molecule has 0 amide bonds. The van der Waals surface area contributed by atoms with E-state index in [1.54, 1.807) is 0 Å². The van der Waals surface area contributed by atoms with E-state index in [4.69, 9.17) is 40.9 Å². The molecule has 0 aromatic rings. The maximum Gasteiger partial charge on any atom is 0.335 e.